The number of rotatable bonds is 2. The maximum absolute atomic E-state index is 5.36. The maximum Gasteiger partial charge on any atom is 0.133 e. The third-order valence-corrected chi connectivity index (χ3v) is 1.55. The molecule has 2 N–H and O–H groups in total. The Bertz CT molecular complexity index is 216. The molecule has 0 radical (unpaired) electrons. The van der Waals surface area contributed by atoms with Crippen LogP contribution in [0.25, 0.3) is 0 Å². The summed E-state index contributed by atoms with van der Waals surface area (Å²) in [4.78, 5) is 0. The molecule has 1 aromatic heterocycles. The van der Waals surface area contributed by atoms with E-state index in [0.717, 1.165) is 18.1 Å². The van der Waals surface area contributed by atoms with Crippen molar-refractivity contribution in [1.82, 2.24) is 14.8 Å². The van der Waals surface area contributed by atoms with Gasteiger partial charge >= 0.3 is 0 Å². The van der Waals surface area contributed by atoms with Crippen LogP contribution < -0.4 is 5.73 Å². The lowest BCUT2D eigenvalue weighted by molar-refractivity contribution is 0.761. The molecule has 0 unspecified atom stereocenters. The first-order valence-electron chi connectivity index (χ1n) is 3.30. The molecular formula is C6H12N4. The van der Waals surface area contributed by atoms with E-state index in [1.54, 1.807) is 0 Å². The van der Waals surface area contributed by atoms with Gasteiger partial charge in [-0.25, -0.2) is 0 Å². The van der Waals surface area contributed by atoms with Crippen LogP contribution in [0.2, 0.25) is 0 Å². The molecule has 0 spiro atoms. The average molecular weight is 140 g/mol. The minimum Gasteiger partial charge on any atom is -0.330 e. The van der Waals surface area contributed by atoms with Crippen molar-refractivity contribution < 1.29 is 0 Å². The van der Waals surface area contributed by atoms with Crippen LogP contribution in [-0.2, 0) is 13.5 Å². The van der Waals surface area contributed by atoms with Gasteiger partial charge in [-0.05, 0) is 13.5 Å². The molecule has 0 aliphatic heterocycles. The number of nitrogens with zero attached hydrogens (tertiary/aromatic N) is 3. The second kappa shape index (κ2) is 2.79. The highest BCUT2D eigenvalue weighted by Crippen LogP contribution is 1.96. The SMILES string of the molecule is Cc1nnc(CCN)n1C. The predicted octanol–water partition coefficient (Wildman–Crippen LogP) is -0.375. The Morgan fingerprint density at radius 2 is 2.20 bits per heavy atom. The summed E-state index contributed by atoms with van der Waals surface area (Å²) in [6, 6.07) is 0. The van der Waals surface area contributed by atoms with Gasteiger partial charge in [0.1, 0.15) is 11.6 Å². The summed E-state index contributed by atoms with van der Waals surface area (Å²) in [5.41, 5.74) is 5.36. The van der Waals surface area contributed by atoms with Gasteiger partial charge in [-0.3, -0.25) is 0 Å². The van der Waals surface area contributed by atoms with Gasteiger partial charge in [-0.1, -0.05) is 0 Å². The lowest BCUT2D eigenvalue weighted by Crippen LogP contribution is -2.08. The second-order valence-electron chi connectivity index (χ2n) is 2.26. The zero-order valence-corrected chi connectivity index (χ0v) is 6.33. The normalized spacial score (nSPS) is 10.3. The Hall–Kier alpha value is -0.900. The molecule has 56 valence electrons. The number of nitrogens with two attached hydrogens (primary N) is 1. The summed E-state index contributed by atoms with van der Waals surface area (Å²) in [6.07, 6.45) is 0.803. The highest BCUT2D eigenvalue weighted by Gasteiger charge is 2.01. The summed E-state index contributed by atoms with van der Waals surface area (Å²) < 4.78 is 1.95. The average Bonchev–Trinajstić information content (AvgIpc) is 2.20. The van der Waals surface area contributed by atoms with E-state index in [9.17, 15) is 0 Å². The van der Waals surface area contributed by atoms with Crippen molar-refractivity contribution in [2.24, 2.45) is 12.8 Å². The number of hydrogen-bond donors (Lipinski definition) is 1. The Morgan fingerprint density at radius 1 is 1.50 bits per heavy atom. The Kier molecular flexibility index (Phi) is 2.01. The smallest absolute Gasteiger partial charge is 0.133 e. The van der Waals surface area contributed by atoms with E-state index in [1.807, 2.05) is 18.5 Å². The molecule has 1 rings (SSSR count). The molecule has 1 heterocycles. The fourth-order valence-electron chi connectivity index (χ4n) is 0.798. The zero-order chi connectivity index (χ0) is 7.56. The van der Waals surface area contributed by atoms with Crippen molar-refractivity contribution in [3.8, 4) is 0 Å². The summed E-state index contributed by atoms with van der Waals surface area (Å²) in [5, 5.41) is 7.83. The molecule has 1 aromatic rings. The first-order chi connectivity index (χ1) is 4.75. The fraction of sp³-hybridized carbons (Fsp3) is 0.667. The third-order valence-electron chi connectivity index (χ3n) is 1.55. The van der Waals surface area contributed by atoms with E-state index in [0.29, 0.717) is 6.54 Å². The number of aromatic nitrogens is 3. The molecule has 0 bridgehead atoms. The van der Waals surface area contributed by atoms with Crippen LogP contribution in [0.5, 0.6) is 0 Å². The van der Waals surface area contributed by atoms with Crippen molar-refractivity contribution in [2.45, 2.75) is 13.3 Å². The highest BCUT2D eigenvalue weighted by atomic mass is 15.3. The Balaban J connectivity index is 2.83. The lowest BCUT2D eigenvalue weighted by Gasteiger charge is -1.97. The molecule has 4 heteroatoms. The fourth-order valence-corrected chi connectivity index (χ4v) is 0.798. The van der Waals surface area contributed by atoms with E-state index in [1.165, 1.54) is 0 Å². The molecule has 0 aliphatic rings. The lowest BCUT2D eigenvalue weighted by atomic mass is 10.4. The molecule has 0 atom stereocenters. The molecular weight excluding hydrogens is 128 g/mol. The minimum absolute atomic E-state index is 0.631. The molecule has 4 nitrogen and oxygen atoms in total. The molecule has 0 aliphatic carbocycles. The molecule has 0 amide bonds. The Morgan fingerprint density at radius 3 is 2.60 bits per heavy atom. The van der Waals surface area contributed by atoms with E-state index in [-0.39, 0.29) is 0 Å². The van der Waals surface area contributed by atoms with Crippen LogP contribution in [0, 0.1) is 6.92 Å². The molecule has 10 heavy (non-hydrogen) atoms. The minimum atomic E-state index is 0.631. The van der Waals surface area contributed by atoms with Crippen LogP contribution in [0.15, 0.2) is 0 Å². The van der Waals surface area contributed by atoms with Crippen molar-refractivity contribution in [1.29, 1.82) is 0 Å². The summed E-state index contributed by atoms with van der Waals surface area (Å²) in [7, 11) is 1.94. The van der Waals surface area contributed by atoms with Gasteiger partial charge in [0.05, 0.1) is 0 Å². The quantitative estimate of drug-likeness (QED) is 0.609. The van der Waals surface area contributed by atoms with Crippen LogP contribution in [0.3, 0.4) is 0 Å². The zero-order valence-electron chi connectivity index (χ0n) is 6.33. The van der Waals surface area contributed by atoms with Gasteiger partial charge in [0.15, 0.2) is 0 Å². The van der Waals surface area contributed by atoms with Crippen LogP contribution in [-0.4, -0.2) is 21.3 Å². The van der Waals surface area contributed by atoms with Crippen molar-refractivity contribution in [3.05, 3.63) is 11.6 Å². The van der Waals surface area contributed by atoms with Gasteiger partial charge in [-0.15, -0.1) is 10.2 Å². The van der Waals surface area contributed by atoms with Crippen molar-refractivity contribution in [2.75, 3.05) is 6.54 Å². The summed E-state index contributed by atoms with van der Waals surface area (Å²) in [5.74, 6) is 1.89. The van der Waals surface area contributed by atoms with Gasteiger partial charge in [-0.2, -0.15) is 0 Å². The molecule has 0 saturated heterocycles. The summed E-state index contributed by atoms with van der Waals surface area (Å²) in [6.45, 7) is 2.55. The van der Waals surface area contributed by atoms with Crippen molar-refractivity contribution >= 4 is 0 Å². The second-order valence-corrected chi connectivity index (χ2v) is 2.26. The molecule has 0 saturated carbocycles. The first-order valence-corrected chi connectivity index (χ1v) is 3.30. The van der Waals surface area contributed by atoms with E-state index < -0.39 is 0 Å². The monoisotopic (exact) mass is 140 g/mol. The van der Waals surface area contributed by atoms with E-state index in [4.69, 9.17) is 5.73 Å². The predicted molar refractivity (Wildman–Crippen MR) is 38.5 cm³/mol. The third kappa shape index (κ3) is 1.16. The Labute approximate surface area is 60.1 Å². The van der Waals surface area contributed by atoms with Crippen molar-refractivity contribution in [3.63, 3.8) is 0 Å². The molecule has 0 aromatic carbocycles. The number of aryl methyl sites for hydroxylation is 1. The maximum atomic E-state index is 5.36. The van der Waals surface area contributed by atoms with Gasteiger partial charge in [0, 0.05) is 13.5 Å². The highest BCUT2D eigenvalue weighted by molar-refractivity contribution is 4.92. The molecule has 0 fully saturated rings. The topological polar surface area (TPSA) is 56.7 Å². The van der Waals surface area contributed by atoms with E-state index in [2.05, 4.69) is 10.2 Å². The van der Waals surface area contributed by atoms with Gasteiger partial charge < -0.3 is 10.3 Å². The van der Waals surface area contributed by atoms with Crippen LogP contribution in [0.4, 0.5) is 0 Å². The van der Waals surface area contributed by atoms with Crippen LogP contribution >= 0.6 is 0 Å². The first kappa shape index (κ1) is 7.21. The number of hydrogen-bond acceptors (Lipinski definition) is 3. The van der Waals surface area contributed by atoms with E-state index >= 15 is 0 Å². The van der Waals surface area contributed by atoms with Crippen LogP contribution in [0.1, 0.15) is 11.6 Å². The standard InChI is InChI=1S/C6H12N4/c1-5-8-9-6(3-4-7)10(5)2/h3-4,7H2,1-2H3. The largest absolute Gasteiger partial charge is 0.330 e. The van der Waals surface area contributed by atoms with Gasteiger partial charge in [0.25, 0.3) is 0 Å². The summed E-state index contributed by atoms with van der Waals surface area (Å²) >= 11 is 0. The van der Waals surface area contributed by atoms with Gasteiger partial charge in [0.2, 0.25) is 0 Å².